The zero-order chi connectivity index (χ0) is 23.1. The predicted molar refractivity (Wildman–Crippen MR) is 122 cm³/mol. The number of thiophene rings is 1. The van der Waals surface area contributed by atoms with Crippen molar-refractivity contribution in [3.63, 3.8) is 0 Å². The number of ketones is 1. The molecule has 5 rings (SSSR count). The number of carbonyl (C=O) groups excluding carboxylic acids is 2. The van der Waals surface area contributed by atoms with Crippen LogP contribution in [0.5, 0.6) is 0 Å². The van der Waals surface area contributed by atoms with Gasteiger partial charge >= 0.3 is 12.0 Å². The van der Waals surface area contributed by atoms with E-state index < -0.39 is 12.0 Å². The Morgan fingerprint density at radius 3 is 2.79 bits per heavy atom. The van der Waals surface area contributed by atoms with Gasteiger partial charge in [-0.1, -0.05) is 19.1 Å². The topological polar surface area (TPSA) is 137 Å². The Labute approximate surface area is 192 Å². The van der Waals surface area contributed by atoms with Gasteiger partial charge in [-0.15, -0.1) is 11.3 Å². The highest BCUT2D eigenvalue weighted by Gasteiger charge is 2.36. The molecule has 4 N–H and O–H groups in total. The minimum atomic E-state index is -1.06. The molecule has 2 aromatic heterocycles. The molecule has 1 aliphatic heterocycles. The van der Waals surface area contributed by atoms with E-state index in [9.17, 15) is 19.5 Å². The van der Waals surface area contributed by atoms with Crippen molar-refractivity contribution in [2.24, 2.45) is 0 Å². The van der Waals surface area contributed by atoms with Gasteiger partial charge in [0.1, 0.15) is 5.69 Å². The monoisotopic (exact) mass is 467 g/mol. The molecule has 0 unspecified atom stereocenters. The van der Waals surface area contributed by atoms with E-state index >= 15 is 0 Å². The molecule has 0 radical (unpaired) electrons. The predicted octanol–water partition coefficient (Wildman–Crippen LogP) is 2.98. The van der Waals surface area contributed by atoms with Crippen LogP contribution in [0.25, 0.3) is 21.8 Å². The van der Waals surface area contributed by atoms with Crippen LogP contribution >= 0.6 is 11.3 Å². The number of hydrogen-bond donors (Lipinski definition) is 4. The summed E-state index contributed by atoms with van der Waals surface area (Å²) in [5, 5.41) is 21.4. The summed E-state index contributed by atoms with van der Waals surface area (Å²) in [7, 11) is 0. The van der Waals surface area contributed by atoms with E-state index in [0.717, 1.165) is 4.88 Å². The van der Waals surface area contributed by atoms with Crippen LogP contribution in [0, 0.1) is 0 Å². The van der Waals surface area contributed by atoms with Gasteiger partial charge in [-0.25, -0.2) is 14.6 Å². The number of hydrogen-bond acceptors (Lipinski definition) is 7. The van der Waals surface area contributed by atoms with Gasteiger partial charge in [0.25, 0.3) is 0 Å². The summed E-state index contributed by atoms with van der Waals surface area (Å²) in [5.74, 6) is -1.37. The van der Waals surface area contributed by atoms with Crippen LogP contribution in [0.15, 0.2) is 24.3 Å². The molecular weight excluding hydrogens is 446 g/mol. The van der Waals surface area contributed by atoms with Gasteiger partial charge in [0.05, 0.1) is 46.2 Å². The molecule has 3 aromatic rings. The number of carboxylic acid groups (broad SMARTS) is 1. The van der Waals surface area contributed by atoms with Crippen LogP contribution in [-0.4, -0.2) is 64.4 Å². The van der Waals surface area contributed by atoms with Crippen molar-refractivity contribution in [2.75, 3.05) is 31.6 Å². The lowest BCUT2D eigenvalue weighted by Crippen LogP contribution is -2.49. The third kappa shape index (κ3) is 3.69. The number of aromatic nitrogens is 2. The fourth-order valence-electron chi connectivity index (χ4n) is 4.08. The number of H-pyrrole nitrogens is 1. The van der Waals surface area contributed by atoms with E-state index in [1.807, 2.05) is 6.92 Å². The molecule has 3 heterocycles. The Morgan fingerprint density at radius 1 is 1.27 bits per heavy atom. The molecule has 1 aromatic carbocycles. The zero-order valence-electron chi connectivity index (χ0n) is 17.7. The van der Waals surface area contributed by atoms with Gasteiger partial charge in [0.15, 0.2) is 5.78 Å². The minimum absolute atomic E-state index is 0.135. The van der Waals surface area contributed by atoms with Gasteiger partial charge < -0.3 is 15.2 Å². The maximum Gasteiger partial charge on any atom is 0.337 e. The van der Waals surface area contributed by atoms with E-state index in [4.69, 9.17) is 4.74 Å². The number of anilines is 1. The second-order valence-electron chi connectivity index (χ2n) is 7.66. The van der Waals surface area contributed by atoms with Crippen molar-refractivity contribution >= 4 is 34.8 Å². The number of fused-ring (bicyclic) bond motifs is 3. The number of aromatic amines is 1. The van der Waals surface area contributed by atoms with E-state index in [1.165, 1.54) is 11.3 Å². The number of nitrogens with zero attached hydrogens (tertiary/aromatic N) is 2. The number of aromatic carboxylic acids is 1. The molecule has 0 saturated carbocycles. The third-order valence-electron chi connectivity index (χ3n) is 5.65. The number of rotatable bonds is 5. The number of ether oxygens (including phenoxy) is 1. The number of aryl methyl sites for hydroxylation is 1. The molecule has 0 bridgehead atoms. The van der Waals surface area contributed by atoms with Crippen LogP contribution in [0.3, 0.4) is 0 Å². The number of carbonyl (C=O) groups is 3. The first-order valence-electron chi connectivity index (χ1n) is 10.5. The quantitative estimate of drug-likeness (QED) is 0.354. The van der Waals surface area contributed by atoms with Crippen molar-refractivity contribution in [1.82, 2.24) is 20.6 Å². The molecule has 1 aliphatic carbocycles. The summed E-state index contributed by atoms with van der Waals surface area (Å²) in [6.45, 7) is 4.16. The van der Waals surface area contributed by atoms with Crippen molar-refractivity contribution in [3.8, 4) is 21.8 Å². The normalized spacial score (nSPS) is 15.2. The van der Waals surface area contributed by atoms with Crippen LogP contribution < -0.4 is 10.7 Å². The van der Waals surface area contributed by atoms with Gasteiger partial charge in [-0.2, -0.15) is 5.10 Å². The molecule has 170 valence electrons. The van der Waals surface area contributed by atoms with Crippen molar-refractivity contribution in [1.29, 1.82) is 0 Å². The maximum absolute atomic E-state index is 13.5. The number of carboxylic acids is 1. The highest BCUT2D eigenvalue weighted by Crippen LogP contribution is 2.45. The Morgan fingerprint density at radius 2 is 2.06 bits per heavy atom. The Kier molecular flexibility index (Phi) is 5.44. The molecule has 2 aliphatic rings. The Hall–Kier alpha value is -3.54. The first-order chi connectivity index (χ1) is 16.0. The largest absolute Gasteiger partial charge is 0.478 e. The summed E-state index contributed by atoms with van der Waals surface area (Å²) in [4.78, 5) is 39.2. The summed E-state index contributed by atoms with van der Waals surface area (Å²) < 4.78 is 5.28. The lowest BCUT2D eigenvalue weighted by Gasteiger charge is -2.27. The first kappa shape index (κ1) is 21.3. The lowest BCUT2D eigenvalue weighted by atomic mass is 10.1. The fourth-order valence-corrected chi connectivity index (χ4v) is 5.16. The van der Waals surface area contributed by atoms with E-state index in [1.54, 1.807) is 29.3 Å². The van der Waals surface area contributed by atoms with Crippen LogP contribution in [0.4, 0.5) is 10.5 Å². The summed E-state index contributed by atoms with van der Waals surface area (Å²) in [6, 6.07) is 6.34. The molecule has 0 atom stereocenters. The number of amides is 2. The number of nitrogens with one attached hydrogen (secondary N) is 3. The number of benzene rings is 1. The first-order valence-corrected chi connectivity index (χ1v) is 11.3. The Bertz CT molecular complexity index is 1270. The number of hydrazine groups is 1. The van der Waals surface area contributed by atoms with E-state index in [2.05, 4.69) is 20.9 Å². The summed E-state index contributed by atoms with van der Waals surface area (Å²) in [5.41, 5.74) is 5.35. The van der Waals surface area contributed by atoms with Gasteiger partial charge in [0.2, 0.25) is 0 Å². The molecule has 10 nitrogen and oxygen atoms in total. The van der Waals surface area contributed by atoms with Crippen molar-refractivity contribution in [3.05, 3.63) is 45.8 Å². The SMILES string of the molecule is CCc1cc(C(=O)O)c(-c2[nH]nc3c2C(=O)c2c(NC(=O)NN4CCOCC4)cccc2-3)s1. The second-order valence-corrected chi connectivity index (χ2v) is 8.80. The highest BCUT2D eigenvalue weighted by molar-refractivity contribution is 7.16. The smallest absolute Gasteiger partial charge is 0.337 e. The van der Waals surface area contributed by atoms with Crippen LogP contribution in [0.2, 0.25) is 0 Å². The molecule has 33 heavy (non-hydrogen) atoms. The zero-order valence-corrected chi connectivity index (χ0v) is 18.5. The minimum Gasteiger partial charge on any atom is -0.478 e. The summed E-state index contributed by atoms with van der Waals surface area (Å²) >= 11 is 1.33. The average Bonchev–Trinajstić information content (AvgIpc) is 3.49. The van der Waals surface area contributed by atoms with Crippen LogP contribution in [-0.2, 0) is 11.2 Å². The highest BCUT2D eigenvalue weighted by atomic mass is 32.1. The van der Waals surface area contributed by atoms with Gasteiger partial charge in [0, 0.05) is 23.5 Å². The molecular formula is C22H21N5O5S. The molecule has 2 amide bonds. The molecule has 11 heteroatoms. The molecule has 0 spiro atoms. The molecule has 1 fully saturated rings. The molecule has 1 saturated heterocycles. The maximum atomic E-state index is 13.5. The van der Waals surface area contributed by atoms with Crippen LogP contribution in [0.1, 0.15) is 38.1 Å². The van der Waals surface area contributed by atoms with E-state index in [0.29, 0.717) is 71.4 Å². The van der Waals surface area contributed by atoms with Gasteiger partial charge in [-0.3, -0.25) is 15.3 Å². The van der Waals surface area contributed by atoms with Crippen molar-refractivity contribution < 1.29 is 24.2 Å². The third-order valence-corrected chi connectivity index (χ3v) is 6.94. The van der Waals surface area contributed by atoms with E-state index in [-0.39, 0.29) is 11.3 Å². The second kappa shape index (κ2) is 8.43. The Balaban J connectivity index is 1.48. The standard InChI is InChI=1S/C22H21N5O5S/c1-2-11-10-13(21(29)30)20(33-11)18-16-17(24-25-18)12-4-3-5-14(15(12)19(16)28)23-22(31)26-27-6-8-32-9-7-27/h3-5,10H,2,6-9H2,1H3,(H,24,25)(H,29,30)(H2,23,26,31). The summed E-state index contributed by atoms with van der Waals surface area (Å²) in [6.07, 6.45) is 0.682. The van der Waals surface area contributed by atoms with Crippen molar-refractivity contribution in [2.45, 2.75) is 13.3 Å². The average molecular weight is 468 g/mol. The number of urea groups is 1. The number of morpholine rings is 1. The van der Waals surface area contributed by atoms with Gasteiger partial charge in [-0.05, 0) is 18.6 Å². The lowest BCUT2D eigenvalue weighted by molar-refractivity contribution is 0.0207. The fraction of sp³-hybridized carbons (Fsp3) is 0.273.